The third-order valence-electron chi connectivity index (χ3n) is 2.53. The summed E-state index contributed by atoms with van der Waals surface area (Å²) in [5.41, 5.74) is 2.52. The van der Waals surface area contributed by atoms with E-state index >= 15 is 0 Å². The second-order valence-electron chi connectivity index (χ2n) is 3.65. The molecule has 0 aliphatic heterocycles. The zero-order chi connectivity index (χ0) is 13.4. The van der Waals surface area contributed by atoms with Gasteiger partial charge in [-0.1, -0.05) is 11.6 Å². The van der Waals surface area contributed by atoms with Gasteiger partial charge in [0.05, 0.1) is 28.1 Å². The molecule has 0 bridgehead atoms. The average molecular weight is 295 g/mol. The number of methoxy groups -OCH3 is 1. The number of esters is 1. The third-order valence-corrected chi connectivity index (χ3v) is 3.58. The first kappa shape index (κ1) is 12.1. The highest BCUT2D eigenvalue weighted by Crippen LogP contribution is 2.26. The van der Waals surface area contributed by atoms with Crippen LogP contribution in [0.15, 0.2) is 24.0 Å². The van der Waals surface area contributed by atoms with Crippen LogP contribution in [-0.2, 0) is 4.74 Å². The minimum absolute atomic E-state index is 0.338. The number of rotatable bonds is 2. The van der Waals surface area contributed by atoms with Crippen molar-refractivity contribution >= 4 is 34.6 Å². The second-order valence-corrected chi connectivity index (χ2v) is 4.94. The van der Waals surface area contributed by atoms with Gasteiger partial charge in [0.25, 0.3) is 0 Å². The molecule has 96 valence electrons. The lowest BCUT2D eigenvalue weighted by Crippen LogP contribution is -2.03. The van der Waals surface area contributed by atoms with Crippen molar-refractivity contribution in [3.63, 3.8) is 0 Å². The molecule has 0 aliphatic rings. The molecular weight excluding hydrogens is 288 g/mol. The van der Waals surface area contributed by atoms with Crippen molar-refractivity contribution in [3.05, 3.63) is 34.6 Å². The number of hydrogen-bond donors (Lipinski definition) is 0. The minimum atomic E-state index is -0.465. The van der Waals surface area contributed by atoms with Crippen molar-refractivity contribution < 1.29 is 9.53 Å². The van der Waals surface area contributed by atoms with Gasteiger partial charge in [0.2, 0.25) is 0 Å². The molecule has 0 aliphatic carbocycles. The number of halogens is 1. The van der Waals surface area contributed by atoms with Crippen LogP contribution in [-0.4, -0.2) is 32.7 Å². The summed E-state index contributed by atoms with van der Waals surface area (Å²) in [4.78, 5) is 16.4. The molecule has 0 atom stereocenters. The summed E-state index contributed by atoms with van der Waals surface area (Å²) >= 11 is 7.52. The molecule has 0 unspecified atom stereocenters. The predicted octanol–water partition coefficient (Wildman–Crippen LogP) is 2.29. The van der Waals surface area contributed by atoms with Crippen LogP contribution in [0.3, 0.4) is 0 Å². The summed E-state index contributed by atoms with van der Waals surface area (Å²) in [6.45, 7) is 0. The number of hydrogen-bond acceptors (Lipinski definition) is 6. The first-order chi connectivity index (χ1) is 9.20. The van der Waals surface area contributed by atoms with E-state index in [2.05, 4.69) is 19.9 Å². The monoisotopic (exact) mass is 294 g/mol. The summed E-state index contributed by atoms with van der Waals surface area (Å²) < 4.78 is 6.34. The van der Waals surface area contributed by atoms with Gasteiger partial charge in [0.15, 0.2) is 11.5 Å². The number of carbonyl (C=O) groups is 1. The molecule has 8 heteroatoms. The number of thiazole rings is 1. The fraction of sp³-hybridized carbons (Fsp3) is 0.0909. The standard InChI is InChI=1S/C11H7ClN4O2S/c1-18-11(17)6-2-7(12)9-14-15-10(16(9)4-6)8-3-13-5-19-8/h2-5H,1H3. The van der Waals surface area contributed by atoms with Crippen molar-refractivity contribution in [2.45, 2.75) is 0 Å². The Hall–Kier alpha value is -1.99. The molecule has 3 heterocycles. The summed E-state index contributed by atoms with van der Waals surface area (Å²) in [6.07, 6.45) is 3.28. The molecule has 6 nitrogen and oxygen atoms in total. The molecule has 19 heavy (non-hydrogen) atoms. The fourth-order valence-corrected chi connectivity index (χ4v) is 2.53. The number of ether oxygens (including phenoxy) is 1. The molecule has 0 amide bonds. The number of pyridine rings is 1. The van der Waals surface area contributed by atoms with E-state index in [1.807, 2.05) is 0 Å². The average Bonchev–Trinajstić information content (AvgIpc) is 3.05. The Bertz CT molecular complexity index is 753. The van der Waals surface area contributed by atoms with Gasteiger partial charge in [-0.2, -0.15) is 0 Å². The molecule has 0 aromatic carbocycles. The van der Waals surface area contributed by atoms with Crippen LogP contribution in [0, 0.1) is 0 Å². The van der Waals surface area contributed by atoms with Crippen LogP contribution in [0.2, 0.25) is 5.02 Å². The molecule has 0 saturated heterocycles. The van der Waals surface area contributed by atoms with E-state index in [4.69, 9.17) is 11.6 Å². The van der Waals surface area contributed by atoms with Crippen LogP contribution >= 0.6 is 22.9 Å². The summed E-state index contributed by atoms with van der Waals surface area (Å²) in [6, 6.07) is 1.51. The van der Waals surface area contributed by atoms with E-state index in [9.17, 15) is 4.79 Å². The topological polar surface area (TPSA) is 69.4 Å². The van der Waals surface area contributed by atoms with Gasteiger partial charge in [-0.05, 0) is 6.07 Å². The maximum atomic E-state index is 11.6. The maximum Gasteiger partial charge on any atom is 0.339 e. The van der Waals surface area contributed by atoms with E-state index in [0.29, 0.717) is 22.1 Å². The van der Waals surface area contributed by atoms with Gasteiger partial charge in [0, 0.05) is 12.4 Å². The van der Waals surface area contributed by atoms with Crippen molar-refractivity contribution in [2.24, 2.45) is 0 Å². The van der Waals surface area contributed by atoms with Crippen LogP contribution in [0.4, 0.5) is 0 Å². The third kappa shape index (κ3) is 1.96. The molecule has 0 radical (unpaired) electrons. The Morgan fingerprint density at radius 3 is 3.00 bits per heavy atom. The lowest BCUT2D eigenvalue weighted by molar-refractivity contribution is 0.0600. The SMILES string of the molecule is COC(=O)c1cc(Cl)c2nnc(-c3cncs3)n2c1. The lowest BCUT2D eigenvalue weighted by atomic mass is 10.3. The number of carbonyl (C=O) groups excluding carboxylic acids is 1. The van der Waals surface area contributed by atoms with Gasteiger partial charge < -0.3 is 4.74 Å². The highest BCUT2D eigenvalue weighted by Gasteiger charge is 2.16. The lowest BCUT2D eigenvalue weighted by Gasteiger charge is -2.03. The Kier molecular flexibility index (Phi) is 2.92. The molecule has 0 spiro atoms. The van der Waals surface area contributed by atoms with Crippen LogP contribution < -0.4 is 0 Å². The zero-order valence-corrected chi connectivity index (χ0v) is 11.3. The zero-order valence-electron chi connectivity index (χ0n) is 9.70. The first-order valence-electron chi connectivity index (χ1n) is 5.22. The molecule has 0 fully saturated rings. The fourth-order valence-electron chi connectivity index (χ4n) is 1.68. The quantitative estimate of drug-likeness (QED) is 0.678. The van der Waals surface area contributed by atoms with E-state index < -0.39 is 5.97 Å². The van der Waals surface area contributed by atoms with E-state index in [1.165, 1.54) is 24.5 Å². The number of nitrogens with zero attached hydrogens (tertiary/aromatic N) is 4. The summed E-state index contributed by atoms with van der Waals surface area (Å²) in [5, 5.41) is 8.42. The highest BCUT2D eigenvalue weighted by molar-refractivity contribution is 7.13. The van der Waals surface area contributed by atoms with Crippen LogP contribution in [0.1, 0.15) is 10.4 Å². The summed E-state index contributed by atoms with van der Waals surface area (Å²) in [7, 11) is 1.32. The van der Waals surface area contributed by atoms with E-state index in [1.54, 1.807) is 22.3 Å². The number of aromatic nitrogens is 4. The number of fused-ring (bicyclic) bond motifs is 1. The van der Waals surface area contributed by atoms with Crippen molar-refractivity contribution in [2.75, 3.05) is 7.11 Å². The Labute approximate surface area is 116 Å². The predicted molar refractivity (Wildman–Crippen MR) is 70.4 cm³/mol. The van der Waals surface area contributed by atoms with Gasteiger partial charge in [-0.3, -0.25) is 9.38 Å². The van der Waals surface area contributed by atoms with E-state index in [0.717, 1.165) is 4.88 Å². The van der Waals surface area contributed by atoms with E-state index in [-0.39, 0.29) is 0 Å². The molecular formula is C11H7ClN4O2S. The maximum absolute atomic E-state index is 11.6. The summed E-state index contributed by atoms with van der Waals surface area (Å²) in [5.74, 6) is 0.123. The minimum Gasteiger partial charge on any atom is -0.465 e. The van der Waals surface area contributed by atoms with Gasteiger partial charge in [0.1, 0.15) is 0 Å². The molecule has 0 saturated carbocycles. The van der Waals surface area contributed by atoms with Crippen molar-refractivity contribution in [3.8, 4) is 10.7 Å². The smallest absolute Gasteiger partial charge is 0.339 e. The Morgan fingerprint density at radius 1 is 1.47 bits per heavy atom. The largest absolute Gasteiger partial charge is 0.465 e. The van der Waals surface area contributed by atoms with Crippen molar-refractivity contribution in [1.82, 2.24) is 19.6 Å². The molecule has 3 aromatic rings. The van der Waals surface area contributed by atoms with Crippen molar-refractivity contribution in [1.29, 1.82) is 0 Å². The Morgan fingerprint density at radius 2 is 2.32 bits per heavy atom. The normalized spacial score (nSPS) is 10.8. The molecule has 3 rings (SSSR count). The molecule has 0 N–H and O–H groups in total. The van der Waals surface area contributed by atoms with Crippen LogP contribution in [0.5, 0.6) is 0 Å². The highest BCUT2D eigenvalue weighted by atomic mass is 35.5. The molecule has 3 aromatic heterocycles. The van der Waals surface area contributed by atoms with Crippen LogP contribution in [0.25, 0.3) is 16.3 Å². The first-order valence-corrected chi connectivity index (χ1v) is 6.48. The second kappa shape index (κ2) is 4.60. The van der Waals surface area contributed by atoms with Gasteiger partial charge >= 0.3 is 5.97 Å². The Balaban J connectivity index is 2.26. The van der Waals surface area contributed by atoms with Gasteiger partial charge in [-0.25, -0.2) is 4.79 Å². The van der Waals surface area contributed by atoms with Gasteiger partial charge in [-0.15, -0.1) is 21.5 Å².